The second-order valence-corrected chi connectivity index (χ2v) is 4.90. The average molecular weight is 279 g/mol. The smallest absolute Gasteiger partial charge is 0.212 e. The third kappa shape index (κ3) is 1.80. The van der Waals surface area contributed by atoms with Crippen molar-refractivity contribution in [1.82, 2.24) is 9.55 Å². The van der Waals surface area contributed by atoms with E-state index in [9.17, 15) is 5.11 Å². The van der Waals surface area contributed by atoms with Gasteiger partial charge in [0.2, 0.25) is 5.95 Å². The number of phenols is 1. The van der Waals surface area contributed by atoms with Gasteiger partial charge in [-0.25, -0.2) is 9.98 Å². The van der Waals surface area contributed by atoms with Gasteiger partial charge in [0, 0.05) is 0 Å². The molecule has 0 radical (unpaired) electrons. The van der Waals surface area contributed by atoms with E-state index in [1.165, 1.54) is 0 Å². The number of nitrogens with zero attached hydrogens (tertiary/aromatic N) is 3. The lowest BCUT2D eigenvalue weighted by Gasteiger charge is -2.23. The molecule has 1 atom stereocenters. The van der Waals surface area contributed by atoms with E-state index in [-0.39, 0.29) is 11.9 Å². The molecule has 0 saturated carbocycles. The number of aromatic hydroxyl groups is 1. The summed E-state index contributed by atoms with van der Waals surface area (Å²) in [5.74, 6) is 1.22. The Labute approximate surface area is 120 Å². The second-order valence-electron chi connectivity index (χ2n) is 4.90. The summed E-state index contributed by atoms with van der Waals surface area (Å²) < 4.78 is 2.00. The van der Waals surface area contributed by atoms with Crippen LogP contribution in [0.5, 0.6) is 5.75 Å². The molecule has 0 aliphatic carbocycles. The van der Waals surface area contributed by atoms with Gasteiger partial charge in [-0.2, -0.15) is 0 Å². The van der Waals surface area contributed by atoms with Crippen molar-refractivity contribution >= 4 is 22.9 Å². The summed E-state index contributed by atoms with van der Waals surface area (Å²) in [6.45, 7) is 0. The molecular weight excluding hydrogens is 266 g/mol. The highest BCUT2D eigenvalue weighted by Gasteiger charge is 2.24. The van der Waals surface area contributed by atoms with Gasteiger partial charge >= 0.3 is 0 Å². The van der Waals surface area contributed by atoms with Crippen LogP contribution < -0.4 is 11.1 Å². The molecule has 104 valence electrons. The first-order valence-corrected chi connectivity index (χ1v) is 6.58. The lowest BCUT2D eigenvalue weighted by molar-refractivity contribution is 0.474. The second kappa shape index (κ2) is 4.24. The monoisotopic (exact) mass is 279 g/mol. The summed E-state index contributed by atoms with van der Waals surface area (Å²) in [4.78, 5) is 9.01. The molecule has 1 aromatic heterocycles. The molecule has 6 heteroatoms. The van der Waals surface area contributed by atoms with Gasteiger partial charge in [0.1, 0.15) is 5.75 Å². The number of aliphatic imine (C=N–C) groups is 1. The minimum Gasteiger partial charge on any atom is -0.508 e. The predicted octanol–water partition coefficient (Wildman–Crippen LogP) is 2.03. The first-order chi connectivity index (χ1) is 10.2. The molecule has 21 heavy (non-hydrogen) atoms. The quantitative estimate of drug-likeness (QED) is 0.636. The molecule has 3 aromatic rings. The molecule has 1 aliphatic rings. The van der Waals surface area contributed by atoms with E-state index in [4.69, 9.17) is 5.73 Å². The Morgan fingerprint density at radius 3 is 2.67 bits per heavy atom. The fourth-order valence-corrected chi connectivity index (χ4v) is 2.59. The van der Waals surface area contributed by atoms with Crippen LogP contribution in [0.3, 0.4) is 0 Å². The maximum atomic E-state index is 9.44. The highest BCUT2D eigenvalue weighted by Crippen LogP contribution is 2.32. The molecule has 0 amide bonds. The van der Waals surface area contributed by atoms with Gasteiger partial charge in [0.25, 0.3) is 0 Å². The number of hydrogen-bond acceptors (Lipinski definition) is 5. The van der Waals surface area contributed by atoms with Gasteiger partial charge in [0.15, 0.2) is 12.1 Å². The highest BCUT2D eigenvalue weighted by molar-refractivity contribution is 5.94. The van der Waals surface area contributed by atoms with Crippen LogP contribution in [-0.2, 0) is 0 Å². The van der Waals surface area contributed by atoms with Crippen molar-refractivity contribution in [2.75, 3.05) is 5.32 Å². The summed E-state index contributed by atoms with van der Waals surface area (Å²) in [6.07, 6.45) is -0.297. The molecule has 1 aliphatic heterocycles. The number of nitrogens with two attached hydrogens (primary N) is 1. The van der Waals surface area contributed by atoms with Gasteiger partial charge in [-0.3, -0.25) is 9.88 Å². The summed E-state index contributed by atoms with van der Waals surface area (Å²) in [5, 5.41) is 12.4. The van der Waals surface area contributed by atoms with Crippen molar-refractivity contribution in [2.45, 2.75) is 6.17 Å². The highest BCUT2D eigenvalue weighted by atomic mass is 16.3. The number of guanidine groups is 1. The van der Waals surface area contributed by atoms with Crippen LogP contribution in [0.15, 0.2) is 53.5 Å². The Morgan fingerprint density at radius 1 is 1.10 bits per heavy atom. The van der Waals surface area contributed by atoms with Gasteiger partial charge < -0.3 is 10.8 Å². The van der Waals surface area contributed by atoms with Gasteiger partial charge in [-0.15, -0.1) is 0 Å². The van der Waals surface area contributed by atoms with Crippen molar-refractivity contribution < 1.29 is 5.11 Å². The number of nitrogens with one attached hydrogen (secondary N) is 1. The number of para-hydroxylation sites is 2. The number of fused-ring (bicyclic) bond motifs is 3. The standard InChI is InChI=1S/C15H13N5O/c16-14-18-13(9-5-7-10(21)8-6-9)20-12-4-2-1-3-11(12)17-15(20)19-14/h1-8,13,21H,(H3,16,17,18,19)/t13-/m0/s1. The molecule has 0 saturated heterocycles. The fraction of sp³-hybridized carbons (Fsp3) is 0.0667. The van der Waals surface area contributed by atoms with Crippen LogP contribution in [0.4, 0.5) is 5.95 Å². The van der Waals surface area contributed by atoms with Crippen LogP contribution >= 0.6 is 0 Å². The van der Waals surface area contributed by atoms with E-state index in [1.807, 2.05) is 41.0 Å². The Morgan fingerprint density at radius 2 is 1.86 bits per heavy atom. The van der Waals surface area contributed by atoms with E-state index in [0.29, 0.717) is 11.9 Å². The first kappa shape index (κ1) is 11.8. The minimum atomic E-state index is -0.297. The Hall–Kier alpha value is -3.02. The van der Waals surface area contributed by atoms with Crippen LogP contribution in [0.25, 0.3) is 11.0 Å². The summed E-state index contributed by atoms with van der Waals surface area (Å²) in [6, 6.07) is 14.8. The van der Waals surface area contributed by atoms with Crippen LogP contribution in [0.2, 0.25) is 0 Å². The zero-order chi connectivity index (χ0) is 14.4. The number of aromatic nitrogens is 2. The van der Waals surface area contributed by atoms with E-state index < -0.39 is 0 Å². The van der Waals surface area contributed by atoms with Crippen LogP contribution in [0, 0.1) is 0 Å². The normalized spacial score (nSPS) is 17.1. The summed E-state index contributed by atoms with van der Waals surface area (Å²) in [7, 11) is 0. The lowest BCUT2D eigenvalue weighted by atomic mass is 10.1. The van der Waals surface area contributed by atoms with Gasteiger partial charge in [0.05, 0.1) is 11.0 Å². The Kier molecular flexibility index (Phi) is 2.38. The van der Waals surface area contributed by atoms with Crippen molar-refractivity contribution in [3.8, 4) is 5.75 Å². The van der Waals surface area contributed by atoms with E-state index in [1.54, 1.807) is 12.1 Å². The first-order valence-electron chi connectivity index (χ1n) is 6.58. The van der Waals surface area contributed by atoms with Crippen molar-refractivity contribution in [3.05, 3.63) is 54.1 Å². The number of rotatable bonds is 1. The summed E-state index contributed by atoms with van der Waals surface area (Å²) in [5.41, 5.74) is 8.66. The topological polar surface area (TPSA) is 88.5 Å². The van der Waals surface area contributed by atoms with Crippen molar-refractivity contribution in [2.24, 2.45) is 10.7 Å². The molecule has 4 N–H and O–H groups in total. The SMILES string of the molecule is NC1=N[C@H](c2ccc(O)cc2)n2c(nc3ccccc32)N1. The van der Waals surface area contributed by atoms with E-state index in [0.717, 1.165) is 16.6 Å². The predicted molar refractivity (Wildman–Crippen MR) is 81.2 cm³/mol. The number of hydrogen-bond donors (Lipinski definition) is 3. The number of benzene rings is 2. The molecule has 0 fully saturated rings. The number of imidazole rings is 1. The zero-order valence-electron chi connectivity index (χ0n) is 11.1. The van der Waals surface area contributed by atoms with Crippen molar-refractivity contribution in [1.29, 1.82) is 0 Å². The fourth-order valence-electron chi connectivity index (χ4n) is 2.59. The molecule has 6 nitrogen and oxygen atoms in total. The molecule has 0 spiro atoms. The average Bonchev–Trinajstić information content (AvgIpc) is 2.85. The zero-order valence-corrected chi connectivity index (χ0v) is 11.1. The molecule has 0 unspecified atom stereocenters. The Bertz CT molecular complexity index is 850. The lowest BCUT2D eigenvalue weighted by Crippen LogP contribution is -2.31. The van der Waals surface area contributed by atoms with Crippen molar-refractivity contribution in [3.63, 3.8) is 0 Å². The molecule has 2 heterocycles. The van der Waals surface area contributed by atoms with Crippen LogP contribution in [0.1, 0.15) is 11.7 Å². The third-order valence-corrected chi connectivity index (χ3v) is 3.53. The molecule has 0 bridgehead atoms. The van der Waals surface area contributed by atoms with E-state index >= 15 is 0 Å². The largest absolute Gasteiger partial charge is 0.508 e. The van der Waals surface area contributed by atoms with E-state index in [2.05, 4.69) is 15.3 Å². The van der Waals surface area contributed by atoms with Crippen LogP contribution in [-0.4, -0.2) is 20.6 Å². The maximum absolute atomic E-state index is 9.44. The number of anilines is 1. The molecule has 2 aromatic carbocycles. The number of phenolic OH excluding ortho intramolecular Hbond substituents is 1. The summed E-state index contributed by atoms with van der Waals surface area (Å²) >= 11 is 0. The Balaban J connectivity index is 1.95. The molecule has 4 rings (SSSR count). The van der Waals surface area contributed by atoms with Gasteiger partial charge in [-0.1, -0.05) is 24.3 Å². The minimum absolute atomic E-state index is 0.223. The third-order valence-electron chi connectivity index (χ3n) is 3.53. The maximum Gasteiger partial charge on any atom is 0.212 e. The van der Waals surface area contributed by atoms with Gasteiger partial charge in [-0.05, 0) is 29.8 Å². The molecular formula is C15H13N5O.